The molecule has 1 amide bonds. The van der Waals surface area contributed by atoms with Crippen LogP contribution in [0.25, 0.3) is 0 Å². The lowest BCUT2D eigenvalue weighted by atomic mass is 9.82. The van der Waals surface area contributed by atoms with Crippen molar-refractivity contribution in [3.8, 4) is 0 Å². The number of nitrogens with one attached hydrogen (secondary N) is 1. The molecule has 27 heavy (non-hydrogen) atoms. The van der Waals surface area contributed by atoms with E-state index in [2.05, 4.69) is 20.3 Å². The molecular formula is C19H22FN5O2. The lowest BCUT2D eigenvalue weighted by molar-refractivity contribution is -0.110. The molecule has 8 heteroatoms. The Labute approximate surface area is 157 Å². The number of carbonyl (C=O) groups is 1. The van der Waals surface area contributed by atoms with Crippen LogP contribution < -0.4 is 5.32 Å². The minimum atomic E-state index is -0.580. The third-order valence-electron chi connectivity index (χ3n) is 5.36. The maximum absolute atomic E-state index is 13.8. The van der Waals surface area contributed by atoms with E-state index in [0.717, 1.165) is 31.9 Å². The minimum absolute atomic E-state index is 0.0753. The number of likely N-dealkylation sites (tertiary alicyclic amines) is 1. The second kappa shape index (κ2) is 7.56. The summed E-state index contributed by atoms with van der Waals surface area (Å²) < 4.78 is 20.0. The molecule has 0 aliphatic carbocycles. The highest BCUT2D eigenvalue weighted by molar-refractivity contribution is 5.94. The van der Waals surface area contributed by atoms with Crippen LogP contribution in [0.1, 0.15) is 36.0 Å². The van der Waals surface area contributed by atoms with Gasteiger partial charge < -0.3 is 15.0 Å². The zero-order valence-electron chi connectivity index (χ0n) is 15.0. The monoisotopic (exact) mass is 371 g/mol. The van der Waals surface area contributed by atoms with Crippen LogP contribution in [0.15, 0.2) is 36.9 Å². The lowest BCUT2D eigenvalue weighted by Gasteiger charge is -2.46. The first-order valence-electron chi connectivity index (χ1n) is 9.22. The van der Waals surface area contributed by atoms with Crippen molar-refractivity contribution >= 4 is 11.9 Å². The van der Waals surface area contributed by atoms with Gasteiger partial charge in [0.05, 0.1) is 17.4 Å². The van der Waals surface area contributed by atoms with Crippen molar-refractivity contribution in [2.45, 2.75) is 37.3 Å². The van der Waals surface area contributed by atoms with E-state index >= 15 is 0 Å². The highest BCUT2D eigenvalue weighted by Gasteiger charge is 2.41. The fraction of sp³-hybridized carbons (Fsp3) is 0.474. The molecule has 1 atom stereocenters. The van der Waals surface area contributed by atoms with Crippen LogP contribution in [-0.4, -0.2) is 57.1 Å². The number of hydrogen-bond donors (Lipinski definition) is 1. The van der Waals surface area contributed by atoms with Crippen molar-refractivity contribution in [2.75, 3.05) is 25.0 Å². The van der Waals surface area contributed by atoms with E-state index in [9.17, 15) is 9.18 Å². The summed E-state index contributed by atoms with van der Waals surface area (Å²) in [6.07, 6.45) is 9.15. The molecule has 2 fully saturated rings. The fourth-order valence-electron chi connectivity index (χ4n) is 3.89. The van der Waals surface area contributed by atoms with Gasteiger partial charge in [-0.3, -0.25) is 9.78 Å². The average molecular weight is 371 g/mol. The Hall–Kier alpha value is -2.61. The van der Waals surface area contributed by atoms with Crippen LogP contribution in [0.2, 0.25) is 0 Å². The van der Waals surface area contributed by atoms with Gasteiger partial charge in [-0.05, 0) is 37.8 Å². The molecule has 142 valence electrons. The summed E-state index contributed by atoms with van der Waals surface area (Å²) in [6.45, 7) is 1.77. The summed E-state index contributed by atoms with van der Waals surface area (Å²) in [4.78, 5) is 26.4. The van der Waals surface area contributed by atoms with Gasteiger partial charge in [-0.2, -0.15) is 0 Å². The first-order chi connectivity index (χ1) is 13.2. The van der Waals surface area contributed by atoms with Gasteiger partial charge in [0.15, 0.2) is 5.82 Å². The molecule has 2 aromatic heterocycles. The average Bonchev–Trinajstić information content (AvgIpc) is 2.69. The third-order valence-corrected chi connectivity index (χ3v) is 5.36. The van der Waals surface area contributed by atoms with Crippen LogP contribution in [0.5, 0.6) is 0 Å². The van der Waals surface area contributed by atoms with Gasteiger partial charge in [0.2, 0.25) is 5.95 Å². The number of rotatable bonds is 3. The summed E-state index contributed by atoms with van der Waals surface area (Å²) in [5.74, 6) is -0.239. The van der Waals surface area contributed by atoms with Gasteiger partial charge in [-0.15, -0.1) is 0 Å². The minimum Gasteiger partial charge on any atom is -0.375 e. The summed E-state index contributed by atoms with van der Waals surface area (Å²) in [7, 11) is 0. The van der Waals surface area contributed by atoms with Crippen molar-refractivity contribution in [2.24, 2.45) is 0 Å². The summed E-state index contributed by atoms with van der Waals surface area (Å²) in [6, 6.07) is 3.45. The lowest BCUT2D eigenvalue weighted by Crippen LogP contribution is -2.52. The van der Waals surface area contributed by atoms with E-state index in [1.165, 1.54) is 12.3 Å². The SMILES string of the molecule is O=C(c1ccncc1F)N1CCC2(CC1)CC(Nc1ncccn1)CCO2. The van der Waals surface area contributed by atoms with Crippen LogP contribution in [0, 0.1) is 5.82 Å². The van der Waals surface area contributed by atoms with Crippen LogP contribution in [-0.2, 0) is 4.74 Å². The number of ether oxygens (including phenoxy) is 1. The topological polar surface area (TPSA) is 80.2 Å². The van der Waals surface area contributed by atoms with Crippen molar-refractivity contribution < 1.29 is 13.9 Å². The predicted molar refractivity (Wildman–Crippen MR) is 96.7 cm³/mol. The van der Waals surface area contributed by atoms with Crippen LogP contribution in [0.3, 0.4) is 0 Å². The maximum Gasteiger partial charge on any atom is 0.256 e. The Morgan fingerprint density at radius 3 is 2.78 bits per heavy atom. The van der Waals surface area contributed by atoms with E-state index in [0.29, 0.717) is 25.6 Å². The van der Waals surface area contributed by atoms with Crippen molar-refractivity contribution in [1.82, 2.24) is 19.9 Å². The molecule has 2 aliphatic rings. The van der Waals surface area contributed by atoms with E-state index in [1.54, 1.807) is 23.4 Å². The van der Waals surface area contributed by atoms with E-state index in [-0.39, 0.29) is 23.1 Å². The molecule has 0 bridgehead atoms. The Morgan fingerprint density at radius 2 is 2.04 bits per heavy atom. The van der Waals surface area contributed by atoms with E-state index in [1.807, 2.05) is 0 Å². The van der Waals surface area contributed by atoms with Gasteiger partial charge in [-0.25, -0.2) is 14.4 Å². The molecular weight excluding hydrogens is 349 g/mol. The summed E-state index contributed by atoms with van der Waals surface area (Å²) >= 11 is 0. The van der Waals surface area contributed by atoms with Gasteiger partial charge >= 0.3 is 0 Å². The molecule has 7 nitrogen and oxygen atoms in total. The molecule has 4 heterocycles. The molecule has 0 aromatic carbocycles. The van der Waals surface area contributed by atoms with Crippen LogP contribution >= 0.6 is 0 Å². The number of pyridine rings is 1. The van der Waals surface area contributed by atoms with Crippen LogP contribution in [0.4, 0.5) is 10.3 Å². The van der Waals surface area contributed by atoms with Gasteiger partial charge in [0, 0.05) is 44.3 Å². The number of hydrogen-bond acceptors (Lipinski definition) is 6. The highest BCUT2D eigenvalue weighted by Crippen LogP contribution is 2.36. The second-order valence-corrected chi connectivity index (χ2v) is 7.09. The normalized spacial score (nSPS) is 21.8. The van der Waals surface area contributed by atoms with Crippen molar-refractivity contribution in [3.63, 3.8) is 0 Å². The second-order valence-electron chi connectivity index (χ2n) is 7.09. The molecule has 1 spiro atoms. The first kappa shape index (κ1) is 17.8. The molecule has 0 radical (unpaired) electrons. The number of amides is 1. The zero-order valence-corrected chi connectivity index (χ0v) is 15.0. The van der Waals surface area contributed by atoms with E-state index < -0.39 is 5.82 Å². The molecule has 4 rings (SSSR count). The molecule has 2 saturated heterocycles. The molecule has 2 aliphatic heterocycles. The highest BCUT2D eigenvalue weighted by atomic mass is 19.1. The largest absolute Gasteiger partial charge is 0.375 e. The number of carbonyl (C=O) groups excluding carboxylic acids is 1. The van der Waals surface area contributed by atoms with Gasteiger partial charge in [-0.1, -0.05) is 0 Å². The number of piperidine rings is 1. The standard InChI is InChI=1S/C19H22FN5O2/c20-16-13-21-8-2-15(16)17(26)25-9-4-19(5-10-25)12-14(3-11-27-19)24-18-22-6-1-7-23-18/h1-2,6-8,13-14H,3-5,9-12H2,(H,22,23,24). The Bertz CT molecular complexity index is 796. The maximum atomic E-state index is 13.8. The van der Waals surface area contributed by atoms with E-state index in [4.69, 9.17) is 4.74 Å². The fourth-order valence-corrected chi connectivity index (χ4v) is 3.89. The van der Waals surface area contributed by atoms with Crippen molar-refractivity contribution in [1.29, 1.82) is 0 Å². The quantitative estimate of drug-likeness (QED) is 0.892. The molecule has 1 N–H and O–H groups in total. The van der Waals surface area contributed by atoms with Gasteiger partial charge in [0.25, 0.3) is 5.91 Å². The Balaban J connectivity index is 1.37. The smallest absolute Gasteiger partial charge is 0.256 e. The van der Waals surface area contributed by atoms with Gasteiger partial charge in [0.1, 0.15) is 0 Å². The predicted octanol–water partition coefficient (Wildman–Crippen LogP) is 2.28. The zero-order chi connectivity index (χ0) is 18.7. The molecule has 2 aromatic rings. The summed E-state index contributed by atoms with van der Waals surface area (Å²) in [5, 5.41) is 3.38. The van der Waals surface area contributed by atoms with Crippen molar-refractivity contribution in [3.05, 3.63) is 48.3 Å². The summed E-state index contributed by atoms with van der Waals surface area (Å²) in [5.41, 5.74) is -0.176. The number of halogens is 1. The Morgan fingerprint density at radius 1 is 1.26 bits per heavy atom. The third kappa shape index (κ3) is 3.90. The molecule has 0 saturated carbocycles. The number of aromatic nitrogens is 3. The Kier molecular flexibility index (Phi) is 4.98. The molecule has 1 unspecified atom stereocenters. The number of nitrogens with zero attached hydrogens (tertiary/aromatic N) is 4. The first-order valence-corrected chi connectivity index (χ1v) is 9.22. The number of anilines is 1.